The van der Waals surface area contributed by atoms with Crippen molar-refractivity contribution in [2.75, 3.05) is 26.4 Å². The third-order valence-electron chi connectivity index (χ3n) is 2.56. The smallest absolute Gasteiger partial charge is 0.0497 e. The second kappa shape index (κ2) is 7.21. The van der Waals surface area contributed by atoms with E-state index in [2.05, 4.69) is 13.8 Å². The minimum atomic E-state index is -0.169. The molecule has 0 aromatic heterocycles. The van der Waals surface area contributed by atoms with Crippen molar-refractivity contribution >= 4 is 0 Å². The van der Waals surface area contributed by atoms with Crippen molar-refractivity contribution in [3.05, 3.63) is 0 Å². The Balaban J connectivity index is 3.43. The summed E-state index contributed by atoms with van der Waals surface area (Å²) in [5, 5.41) is 9.09. The molecule has 0 aromatic rings. The molecular weight excluding hydrogens is 178 g/mol. The lowest BCUT2D eigenvalue weighted by molar-refractivity contribution is 0.0665. The van der Waals surface area contributed by atoms with E-state index in [0.717, 1.165) is 19.4 Å². The highest BCUT2D eigenvalue weighted by molar-refractivity contribution is 4.73. The van der Waals surface area contributed by atoms with E-state index in [4.69, 9.17) is 15.6 Å². The Hall–Kier alpha value is -0.120. The van der Waals surface area contributed by atoms with E-state index in [1.165, 1.54) is 0 Å². The molecule has 0 heterocycles. The Morgan fingerprint density at radius 2 is 2.00 bits per heavy atom. The van der Waals surface area contributed by atoms with Crippen molar-refractivity contribution < 1.29 is 9.84 Å². The molecular formula is C11H25NO2. The van der Waals surface area contributed by atoms with Crippen LogP contribution < -0.4 is 5.73 Å². The number of rotatable bonds is 8. The fraction of sp³-hybridized carbons (Fsp3) is 1.00. The lowest BCUT2D eigenvalue weighted by Crippen LogP contribution is -2.32. The molecule has 0 spiro atoms. The predicted molar refractivity (Wildman–Crippen MR) is 59.1 cm³/mol. The molecule has 3 nitrogen and oxygen atoms in total. The van der Waals surface area contributed by atoms with Crippen LogP contribution in [0.15, 0.2) is 0 Å². The van der Waals surface area contributed by atoms with Crippen LogP contribution in [0.2, 0.25) is 0 Å². The van der Waals surface area contributed by atoms with Gasteiger partial charge in [-0.05, 0) is 25.3 Å². The average Bonchev–Trinajstić information content (AvgIpc) is 2.16. The van der Waals surface area contributed by atoms with Gasteiger partial charge in [-0.15, -0.1) is 0 Å². The molecule has 0 saturated carbocycles. The molecule has 0 rings (SSSR count). The van der Waals surface area contributed by atoms with Gasteiger partial charge in [0.2, 0.25) is 0 Å². The van der Waals surface area contributed by atoms with Crippen LogP contribution in [0.25, 0.3) is 0 Å². The summed E-state index contributed by atoms with van der Waals surface area (Å²) in [5.74, 6) is 0.689. The van der Waals surface area contributed by atoms with E-state index < -0.39 is 0 Å². The molecule has 0 fully saturated rings. The predicted octanol–water partition coefficient (Wildman–Crippen LogP) is 1.40. The summed E-state index contributed by atoms with van der Waals surface area (Å²) < 4.78 is 5.48. The molecule has 1 unspecified atom stereocenters. The highest BCUT2D eigenvalue weighted by Gasteiger charge is 2.20. The van der Waals surface area contributed by atoms with Crippen LogP contribution in [0.1, 0.15) is 33.6 Å². The second-order valence-corrected chi connectivity index (χ2v) is 4.72. The summed E-state index contributed by atoms with van der Waals surface area (Å²) in [6.07, 6.45) is 1.93. The lowest BCUT2D eigenvalue weighted by Gasteiger charge is -2.24. The molecule has 0 radical (unpaired) electrons. The Bertz CT molecular complexity index is 133. The second-order valence-electron chi connectivity index (χ2n) is 4.72. The van der Waals surface area contributed by atoms with E-state index in [0.29, 0.717) is 19.1 Å². The first kappa shape index (κ1) is 13.9. The van der Waals surface area contributed by atoms with Gasteiger partial charge >= 0.3 is 0 Å². The maximum atomic E-state index is 9.09. The van der Waals surface area contributed by atoms with Gasteiger partial charge in [-0.1, -0.05) is 20.8 Å². The van der Waals surface area contributed by atoms with Crippen LogP contribution >= 0.6 is 0 Å². The van der Waals surface area contributed by atoms with Gasteiger partial charge < -0.3 is 15.6 Å². The first-order chi connectivity index (χ1) is 6.54. The lowest BCUT2D eigenvalue weighted by atomic mass is 9.88. The summed E-state index contributed by atoms with van der Waals surface area (Å²) in [5.41, 5.74) is 5.40. The van der Waals surface area contributed by atoms with Crippen molar-refractivity contribution in [2.24, 2.45) is 17.1 Å². The van der Waals surface area contributed by atoms with Crippen LogP contribution in [0.4, 0.5) is 0 Å². The normalized spacial score (nSPS) is 15.9. The third-order valence-corrected chi connectivity index (χ3v) is 2.56. The zero-order valence-electron chi connectivity index (χ0n) is 9.75. The number of aliphatic hydroxyl groups excluding tert-OH is 1. The number of ether oxygens (including phenoxy) is 1. The Morgan fingerprint density at radius 1 is 1.36 bits per heavy atom. The van der Waals surface area contributed by atoms with E-state index in [1.54, 1.807) is 0 Å². The quantitative estimate of drug-likeness (QED) is 0.586. The molecule has 1 atom stereocenters. The van der Waals surface area contributed by atoms with Crippen LogP contribution in [-0.2, 0) is 4.74 Å². The fourth-order valence-corrected chi connectivity index (χ4v) is 0.985. The molecule has 0 saturated heterocycles. The molecule has 0 aliphatic carbocycles. The van der Waals surface area contributed by atoms with Gasteiger partial charge in [-0.2, -0.15) is 0 Å². The number of nitrogens with two attached hydrogens (primary N) is 1. The van der Waals surface area contributed by atoms with E-state index in [-0.39, 0.29) is 12.0 Å². The summed E-state index contributed by atoms with van der Waals surface area (Å²) >= 11 is 0. The monoisotopic (exact) mass is 203 g/mol. The van der Waals surface area contributed by atoms with Crippen LogP contribution in [-0.4, -0.2) is 31.5 Å². The van der Waals surface area contributed by atoms with Crippen molar-refractivity contribution in [2.45, 2.75) is 33.6 Å². The van der Waals surface area contributed by atoms with E-state index in [9.17, 15) is 0 Å². The largest absolute Gasteiger partial charge is 0.396 e. The maximum absolute atomic E-state index is 9.09. The molecule has 0 amide bonds. The first-order valence-electron chi connectivity index (χ1n) is 5.43. The summed E-state index contributed by atoms with van der Waals surface area (Å²) in [4.78, 5) is 0. The minimum Gasteiger partial charge on any atom is -0.396 e. The number of hydrogen-bond donors (Lipinski definition) is 2. The fourth-order valence-electron chi connectivity index (χ4n) is 0.985. The standard InChI is InChI=1S/C11H25NO2/c1-10(2)4-6-14-7-5-11(3,8-12)9-13/h10,13H,4-9,12H2,1-3H3. The zero-order chi connectivity index (χ0) is 11.0. The highest BCUT2D eigenvalue weighted by atomic mass is 16.5. The molecule has 0 bridgehead atoms. The van der Waals surface area contributed by atoms with Crippen molar-refractivity contribution in [3.8, 4) is 0 Å². The van der Waals surface area contributed by atoms with Crippen molar-refractivity contribution in [1.82, 2.24) is 0 Å². The molecule has 0 aliphatic heterocycles. The maximum Gasteiger partial charge on any atom is 0.0497 e. The highest BCUT2D eigenvalue weighted by Crippen LogP contribution is 2.18. The Labute approximate surface area is 87.6 Å². The van der Waals surface area contributed by atoms with Gasteiger partial charge in [0.15, 0.2) is 0 Å². The van der Waals surface area contributed by atoms with Crippen LogP contribution in [0, 0.1) is 11.3 Å². The van der Waals surface area contributed by atoms with Gasteiger partial charge in [0.1, 0.15) is 0 Å². The number of hydrogen-bond acceptors (Lipinski definition) is 3. The summed E-state index contributed by atoms with van der Waals surface area (Å²) in [6.45, 7) is 8.50. The van der Waals surface area contributed by atoms with Crippen LogP contribution in [0.3, 0.4) is 0 Å². The summed E-state index contributed by atoms with van der Waals surface area (Å²) in [6, 6.07) is 0. The van der Waals surface area contributed by atoms with Gasteiger partial charge in [0.25, 0.3) is 0 Å². The molecule has 14 heavy (non-hydrogen) atoms. The van der Waals surface area contributed by atoms with Crippen LogP contribution in [0.5, 0.6) is 0 Å². The van der Waals surface area contributed by atoms with Gasteiger partial charge in [0, 0.05) is 25.2 Å². The summed E-state index contributed by atoms with van der Waals surface area (Å²) in [7, 11) is 0. The first-order valence-corrected chi connectivity index (χ1v) is 5.43. The van der Waals surface area contributed by atoms with E-state index >= 15 is 0 Å². The third kappa shape index (κ3) is 6.35. The van der Waals surface area contributed by atoms with Gasteiger partial charge in [-0.3, -0.25) is 0 Å². The van der Waals surface area contributed by atoms with Crippen molar-refractivity contribution in [3.63, 3.8) is 0 Å². The number of aliphatic hydroxyl groups is 1. The molecule has 3 N–H and O–H groups in total. The minimum absolute atomic E-state index is 0.136. The molecule has 0 aliphatic rings. The SMILES string of the molecule is CC(C)CCOCCC(C)(CN)CO. The van der Waals surface area contributed by atoms with Crippen molar-refractivity contribution in [1.29, 1.82) is 0 Å². The van der Waals surface area contributed by atoms with Gasteiger partial charge in [-0.25, -0.2) is 0 Å². The molecule has 0 aromatic carbocycles. The van der Waals surface area contributed by atoms with E-state index in [1.807, 2.05) is 6.92 Å². The Kier molecular flexibility index (Phi) is 7.15. The zero-order valence-corrected chi connectivity index (χ0v) is 9.75. The molecule has 86 valence electrons. The average molecular weight is 203 g/mol. The van der Waals surface area contributed by atoms with Gasteiger partial charge in [0.05, 0.1) is 0 Å². The topological polar surface area (TPSA) is 55.5 Å². The Morgan fingerprint density at radius 3 is 2.43 bits per heavy atom. The molecule has 3 heteroatoms.